The Bertz CT molecular complexity index is 1230. The number of rotatable bonds is 3. The maximum atomic E-state index is 13.4. The predicted octanol–water partition coefficient (Wildman–Crippen LogP) is 6.45. The average Bonchev–Trinajstić information content (AvgIpc) is 3.19. The van der Waals surface area contributed by atoms with E-state index in [9.17, 15) is 4.39 Å². The highest BCUT2D eigenvalue weighted by atomic mass is 35.5. The van der Waals surface area contributed by atoms with Crippen LogP contribution in [0.1, 0.15) is 17.2 Å². The van der Waals surface area contributed by atoms with Gasteiger partial charge in [-0.3, -0.25) is 0 Å². The lowest BCUT2D eigenvalue weighted by Crippen LogP contribution is -2.20. The molecule has 148 valence electrons. The summed E-state index contributed by atoms with van der Waals surface area (Å²) in [6.45, 7) is 0. The summed E-state index contributed by atoms with van der Waals surface area (Å²) in [5, 5.41) is 9.37. The molecule has 1 aliphatic heterocycles. The summed E-state index contributed by atoms with van der Waals surface area (Å²) in [6.07, 6.45) is 2.05. The molecule has 0 saturated heterocycles. The molecule has 4 nitrogen and oxygen atoms in total. The van der Waals surface area contributed by atoms with Crippen LogP contribution in [0.3, 0.4) is 0 Å². The van der Waals surface area contributed by atoms with Crippen LogP contribution in [0.15, 0.2) is 78.9 Å². The summed E-state index contributed by atoms with van der Waals surface area (Å²) in [5.74, 6) is 0.904. The molecule has 0 spiro atoms. The Labute approximate surface area is 182 Å². The van der Waals surface area contributed by atoms with E-state index < -0.39 is 0 Å². The van der Waals surface area contributed by atoms with Crippen LogP contribution in [0.2, 0.25) is 10.0 Å². The van der Waals surface area contributed by atoms with Gasteiger partial charge >= 0.3 is 0 Å². The molecule has 2 heterocycles. The topological polar surface area (TPSA) is 42.7 Å². The molecule has 0 unspecified atom stereocenters. The number of nitrogens with one attached hydrogen (secondary N) is 1. The van der Waals surface area contributed by atoms with Gasteiger partial charge in [0.2, 0.25) is 5.95 Å². The van der Waals surface area contributed by atoms with Crippen LogP contribution in [-0.4, -0.2) is 14.8 Å². The highest BCUT2D eigenvalue weighted by Crippen LogP contribution is 2.34. The number of benzene rings is 3. The summed E-state index contributed by atoms with van der Waals surface area (Å²) >= 11 is 12.1. The lowest BCUT2D eigenvalue weighted by molar-refractivity contribution is 0.613. The average molecular weight is 437 g/mol. The van der Waals surface area contributed by atoms with Crippen molar-refractivity contribution in [1.29, 1.82) is 0 Å². The zero-order valence-corrected chi connectivity index (χ0v) is 17.1. The first-order chi connectivity index (χ1) is 14.6. The zero-order chi connectivity index (χ0) is 20.7. The molecule has 0 aliphatic carbocycles. The molecule has 7 heteroatoms. The highest BCUT2D eigenvalue weighted by Gasteiger charge is 2.25. The molecule has 4 aromatic rings. The molecule has 1 N–H and O–H groups in total. The minimum absolute atomic E-state index is 0.202. The molecule has 0 saturated carbocycles. The Morgan fingerprint density at radius 1 is 0.800 bits per heavy atom. The van der Waals surface area contributed by atoms with Crippen LogP contribution in [0, 0.1) is 5.82 Å². The summed E-state index contributed by atoms with van der Waals surface area (Å²) in [5.41, 5.74) is 3.56. The fourth-order valence-corrected chi connectivity index (χ4v) is 3.66. The van der Waals surface area contributed by atoms with Gasteiger partial charge in [-0.05, 0) is 77.9 Å². The minimum atomic E-state index is -0.280. The number of hydrogen-bond donors (Lipinski definition) is 1. The third-order valence-corrected chi connectivity index (χ3v) is 5.44. The van der Waals surface area contributed by atoms with Crippen molar-refractivity contribution in [3.63, 3.8) is 0 Å². The van der Waals surface area contributed by atoms with Gasteiger partial charge in [0.15, 0.2) is 5.82 Å². The van der Waals surface area contributed by atoms with Crippen molar-refractivity contribution in [3.8, 4) is 11.4 Å². The van der Waals surface area contributed by atoms with E-state index in [2.05, 4.69) is 5.32 Å². The van der Waals surface area contributed by atoms with E-state index in [0.29, 0.717) is 21.8 Å². The number of anilines is 1. The van der Waals surface area contributed by atoms with Gasteiger partial charge in [0.1, 0.15) is 11.9 Å². The Morgan fingerprint density at radius 2 is 1.40 bits per heavy atom. The molecule has 1 aliphatic rings. The van der Waals surface area contributed by atoms with Crippen LogP contribution in [0.4, 0.5) is 10.3 Å². The van der Waals surface area contributed by atoms with Crippen molar-refractivity contribution in [2.75, 3.05) is 5.32 Å². The van der Waals surface area contributed by atoms with Gasteiger partial charge in [0.05, 0.1) is 0 Å². The Kier molecular flexibility index (Phi) is 4.77. The fraction of sp³-hybridized carbons (Fsp3) is 0.0435. The first-order valence-electron chi connectivity index (χ1n) is 9.29. The second kappa shape index (κ2) is 7.59. The van der Waals surface area contributed by atoms with E-state index >= 15 is 0 Å². The second-order valence-electron chi connectivity index (χ2n) is 6.92. The van der Waals surface area contributed by atoms with Crippen molar-refractivity contribution in [1.82, 2.24) is 14.8 Å². The van der Waals surface area contributed by atoms with Gasteiger partial charge in [-0.25, -0.2) is 9.07 Å². The van der Waals surface area contributed by atoms with Gasteiger partial charge < -0.3 is 5.32 Å². The number of aromatic nitrogens is 3. The van der Waals surface area contributed by atoms with Crippen LogP contribution >= 0.6 is 23.2 Å². The van der Waals surface area contributed by atoms with Crippen LogP contribution < -0.4 is 5.32 Å². The molecular formula is C23H15Cl2FN4. The Balaban J connectivity index is 1.61. The number of halogens is 3. The van der Waals surface area contributed by atoms with Crippen molar-refractivity contribution >= 4 is 34.8 Å². The SMILES string of the molecule is Fc1ccc(C2=C[C@H](c3ccc(Cl)cc3)n3nc(-c4ccc(Cl)cc4)nc3N2)cc1. The molecule has 5 rings (SSSR count). The molecule has 1 aromatic heterocycles. The largest absolute Gasteiger partial charge is 0.324 e. The summed E-state index contributed by atoms with van der Waals surface area (Å²) < 4.78 is 15.2. The van der Waals surface area contributed by atoms with E-state index in [1.54, 1.807) is 12.1 Å². The van der Waals surface area contributed by atoms with Gasteiger partial charge in [0.25, 0.3) is 0 Å². The summed E-state index contributed by atoms with van der Waals surface area (Å²) in [4.78, 5) is 4.69. The quantitative estimate of drug-likeness (QED) is 0.401. The van der Waals surface area contributed by atoms with Crippen molar-refractivity contribution in [2.45, 2.75) is 6.04 Å². The number of nitrogens with zero attached hydrogens (tertiary/aromatic N) is 3. The van der Waals surface area contributed by atoms with Gasteiger partial charge in [-0.1, -0.05) is 35.3 Å². The summed E-state index contributed by atoms with van der Waals surface area (Å²) in [6, 6.07) is 21.2. The lowest BCUT2D eigenvalue weighted by Gasteiger charge is -2.24. The van der Waals surface area contributed by atoms with E-state index in [4.69, 9.17) is 33.3 Å². The summed E-state index contributed by atoms with van der Waals surface area (Å²) in [7, 11) is 0. The number of hydrogen-bond acceptors (Lipinski definition) is 3. The third kappa shape index (κ3) is 3.58. The first-order valence-corrected chi connectivity index (χ1v) is 10.1. The highest BCUT2D eigenvalue weighted by molar-refractivity contribution is 6.30. The van der Waals surface area contributed by atoms with Crippen LogP contribution in [-0.2, 0) is 0 Å². The second-order valence-corrected chi connectivity index (χ2v) is 7.79. The first kappa shape index (κ1) is 18.9. The standard InChI is InChI=1S/C23H15Cl2FN4/c24-17-7-1-15(2-8-17)21-13-20(14-5-11-19(26)12-6-14)27-23-28-22(29-30(21)23)16-3-9-18(25)10-4-16/h1-13,21H,(H,27,28,29)/t21-/m1/s1. The van der Waals surface area contributed by atoms with Gasteiger partial charge in [-0.2, -0.15) is 4.98 Å². The molecule has 0 bridgehead atoms. The molecule has 3 aromatic carbocycles. The van der Waals surface area contributed by atoms with E-state index in [-0.39, 0.29) is 11.9 Å². The van der Waals surface area contributed by atoms with Crippen LogP contribution in [0.25, 0.3) is 17.1 Å². The monoisotopic (exact) mass is 436 g/mol. The number of fused-ring (bicyclic) bond motifs is 1. The Hall–Kier alpha value is -3.15. The lowest BCUT2D eigenvalue weighted by atomic mass is 10.0. The molecule has 0 fully saturated rings. The van der Waals surface area contributed by atoms with Gasteiger partial charge in [-0.15, -0.1) is 5.10 Å². The van der Waals surface area contributed by atoms with Crippen molar-refractivity contribution in [2.24, 2.45) is 0 Å². The Morgan fingerprint density at radius 3 is 2.07 bits per heavy atom. The minimum Gasteiger partial charge on any atom is -0.324 e. The molecule has 0 amide bonds. The van der Waals surface area contributed by atoms with Crippen molar-refractivity contribution in [3.05, 3.63) is 106 Å². The molecule has 0 radical (unpaired) electrons. The zero-order valence-electron chi connectivity index (χ0n) is 15.6. The number of allylic oxidation sites excluding steroid dienone is 1. The van der Waals surface area contributed by atoms with Crippen molar-refractivity contribution < 1.29 is 4.39 Å². The fourth-order valence-electron chi connectivity index (χ4n) is 3.41. The van der Waals surface area contributed by atoms with Crippen LogP contribution in [0.5, 0.6) is 0 Å². The maximum absolute atomic E-state index is 13.4. The van der Waals surface area contributed by atoms with Gasteiger partial charge in [0, 0.05) is 21.3 Å². The maximum Gasteiger partial charge on any atom is 0.227 e. The van der Waals surface area contributed by atoms with E-state index in [0.717, 1.165) is 22.4 Å². The normalized spacial score (nSPS) is 15.3. The van der Waals surface area contributed by atoms with E-state index in [1.807, 2.05) is 59.3 Å². The van der Waals surface area contributed by atoms with E-state index in [1.165, 1.54) is 12.1 Å². The third-order valence-electron chi connectivity index (χ3n) is 4.93. The molecule has 1 atom stereocenters. The predicted molar refractivity (Wildman–Crippen MR) is 118 cm³/mol. The smallest absolute Gasteiger partial charge is 0.227 e. The molecular weight excluding hydrogens is 422 g/mol. The molecule has 30 heavy (non-hydrogen) atoms.